The summed E-state index contributed by atoms with van der Waals surface area (Å²) in [7, 11) is 0. The predicted molar refractivity (Wildman–Crippen MR) is 60.6 cm³/mol. The van der Waals surface area contributed by atoms with Gasteiger partial charge in [0.25, 0.3) is 0 Å². The molecule has 0 spiro atoms. The average Bonchev–Trinajstić information content (AvgIpc) is 2.00. The zero-order chi connectivity index (χ0) is 11.9. The van der Waals surface area contributed by atoms with Crippen LogP contribution in [0.25, 0.3) is 0 Å². The van der Waals surface area contributed by atoms with Gasteiger partial charge in [-0.05, 0) is 6.08 Å². The van der Waals surface area contributed by atoms with Crippen molar-refractivity contribution >= 4 is 21.9 Å². The predicted octanol–water partition coefficient (Wildman–Crippen LogP) is 3.29. The molecule has 1 rings (SSSR count). The Kier molecular flexibility index (Phi) is 3.10. The maximum absolute atomic E-state index is 14.7. The van der Waals surface area contributed by atoms with Crippen LogP contribution in [0, 0.1) is 11.3 Å². The zero-order valence-electron chi connectivity index (χ0n) is 8.92. The summed E-state index contributed by atoms with van der Waals surface area (Å²) in [6.45, 7) is 5.08. The molecule has 1 aliphatic carbocycles. The van der Waals surface area contributed by atoms with E-state index in [1.54, 1.807) is 26.8 Å². The largest absolute Gasteiger partial charge is 0.481 e. The molecule has 0 saturated carbocycles. The highest BCUT2D eigenvalue weighted by molar-refractivity contribution is 9.11. The summed E-state index contributed by atoms with van der Waals surface area (Å²) in [5.74, 6) is -2.27. The lowest BCUT2D eigenvalue weighted by atomic mass is 9.68. The summed E-state index contributed by atoms with van der Waals surface area (Å²) in [5, 5.41) is 8.99. The molecule has 2 nitrogen and oxygen atoms in total. The number of hydrogen-bond acceptors (Lipinski definition) is 1. The summed E-state index contributed by atoms with van der Waals surface area (Å²) < 4.78 is 15.3. The average molecular weight is 277 g/mol. The lowest BCUT2D eigenvalue weighted by molar-refractivity contribution is -0.146. The molecule has 0 amide bonds. The van der Waals surface area contributed by atoms with Gasteiger partial charge >= 0.3 is 5.97 Å². The number of halogens is 2. The van der Waals surface area contributed by atoms with Gasteiger partial charge in [-0.25, -0.2) is 4.39 Å². The van der Waals surface area contributed by atoms with Crippen molar-refractivity contribution in [2.75, 3.05) is 0 Å². The molecule has 1 aliphatic rings. The van der Waals surface area contributed by atoms with Crippen LogP contribution in [0.3, 0.4) is 0 Å². The summed E-state index contributed by atoms with van der Waals surface area (Å²) >= 11 is 3.17. The van der Waals surface area contributed by atoms with Gasteiger partial charge in [0.05, 0.1) is 0 Å². The maximum atomic E-state index is 14.7. The van der Waals surface area contributed by atoms with E-state index < -0.39 is 23.0 Å². The van der Waals surface area contributed by atoms with Gasteiger partial charge in [0.1, 0.15) is 5.92 Å². The Morgan fingerprint density at radius 2 is 2.13 bits per heavy atom. The third-order valence-corrected chi connectivity index (χ3v) is 3.16. The minimum absolute atomic E-state index is 0.581. The fourth-order valence-electron chi connectivity index (χ4n) is 1.61. The smallest absolute Gasteiger partial charge is 0.314 e. The second kappa shape index (κ2) is 3.74. The van der Waals surface area contributed by atoms with Crippen molar-refractivity contribution in [3.8, 4) is 0 Å². The van der Waals surface area contributed by atoms with Gasteiger partial charge < -0.3 is 5.11 Å². The monoisotopic (exact) mass is 276 g/mol. The first-order valence-corrected chi connectivity index (χ1v) is 5.46. The molecule has 0 aromatic heterocycles. The van der Waals surface area contributed by atoms with Gasteiger partial charge in [-0.2, -0.15) is 0 Å². The van der Waals surface area contributed by atoms with Crippen LogP contribution >= 0.6 is 15.9 Å². The molecule has 0 fully saturated rings. The number of carboxylic acids is 1. The molecule has 2 atom stereocenters. The highest BCUT2D eigenvalue weighted by atomic mass is 79.9. The molecule has 0 radical (unpaired) electrons. The van der Waals surface area contributed by atoms with Gasteiger partial charge in [-0.15, -0.1) is 0 Å². The first-order chi connectivity index (χ1) is 6.68. The molecule has 1 N–H and O–H groups in total. The van der Waals surface area contributed by atoms with Crippen LogP contribution in [0.5, 0.6) is 0 Å². The number of aliphatic carboxylic acids is 1. The van der Waals surface area contributed by atoms with Crippen LogP contribution in [0.1, 0.15) is 20.8 Å². The van der Waals surface area contributed by atoms with Crippen molar-refractivity contribution in [1.82, 2.24) is 0 Å². The summed E-state index contributed by atoms with van der Waals surface area (Å²) in [6, 6.07) is 0. The van der Waals surface area contributed by atoms with E-state index >= 15 is 0 Å². The van der Waals surface area contributed by atoms with Crippen molar-refractivity contribution in [2.45, 2.75) is 26.4 Å². The van der Waals surface area contributed by atoms with Gasteiger partial charge in [-0.1, -0.05) is 48.9 Å². The lowest BCUT2D eigenvalue weighted by Crippen LogP contribution is -2.47. The fourth-order valence-corrected chi connectivity index (χ4v) is 2.10. The van der Waals surface area contributed by atoms with Crippen LogP contribution in [-0.2, 0) is 4.79 Å². The fraction of sp³-hybridized carbons (Fsp3) is 0.545. The highest BCUT2D eigenvalue weighted by Crippen LogP contribution is 2.45. The molecule has 0 aromatic rings. The Labute approximate surface area is 97.0 Å². The third-order valence-electron chi connectivity index (χ3n) is 2.66. The Morgan fingerprint density at radius 1 is 1.60 bits per heavy atom. The van der Waals surface area contributed by atoms with Gasteiger partial charge in [-0.3, -0.25) is 4.79 Å². The number of hydrogen-bond donors (Lipinski definition) is 1. The molecule has 0 heterocycles. The SMILES string of the molecule is CC(C)(C)C1(F)C=C(Br)C=CC1C(=O)O. The Morgan fingerprint density at radius 3 is 2.53 bits per heavy atom. The molecule has 2 unspecified atom stereocenters. The second-order valence-corrected chi connectivity index (χ2v) is 5.64. The molecule has 15 heavy (non-hydrogen) atoms. The van der Waals surface area contributed by atoms with Crippen molar-refractivity contribution in [1.29, 1.82) is 0 Å². The minimum Gasteiger partial charge on any atom is -0.481 e. The van der Waals surface area contributed by atoms with E-state index in [2.05, 4.69) is 15.9 Å². The van der Waals surface area contributed by atoms with E-state index in [1.165, 1.54) is 12.2 Å². The molecule has 0 aliphatic heterocycles. The third kappa shape index (κ3) is 2.14. The lowest BCUT2D eigenvalue weighted by Gasteiger charge is -2.40. The van der Waals surface area contributed by atoms with E-state index in [0.29, 0.717) is 4.48 Å². The van der Waals surface area contributed by atoms with Crippen LogP contribution in [-0.4, -0.2) is 16.7 Å². The van der Waals surface area contributed by atoms with E-state index in [-0.39, 0.29) is 0 Å². The molecule has 0 saturated heterocycles. The summed E-state index contributed by atoms with van der Waals surface area (Å²) in [5.41, 5.74) is -2.63. The van der Waals surface area contributed by atoms with Crippen LogP contribution in [0.15, 0.2) is 22.7 Å². The van der Waals surface area contributed by atoms with E-state index in [1.807, 2.05) is 0 Å². The van der Waals surface area contributed by atoms with E-state index in [4.69, 9.17) is 5.11 Å². The van der Waals surface area contributed by atoms with Crippen LogP contribution < -0.4 is 0 Å². The number of carboxylic acid groups (broad SMARTS) is 1. The van der Waals surface area contributed by atoms with Gasteiger partial charge in [0, 0.05) is 9.90 Å². The topological polar surface area (TPSA) is 37.3 Å². The minimum atomic E-state index is -1.87. The standard InChI is InChI=1S/C11H14BrFO2/c1-10(2,3)11(13)6-7(12)4-5-8(11)9(14)15/h4-6,8H,1-3H3,(H,14,15). The Hall–Kier alpha value is -0.640. The first kappa shape index (κ1) is 12.4. The number of rotatable bonds is 1. The second-order valence-electron chi connectivity index (χ2n) is 4.72. The Bertz CT molecular complexity index is 341. The number of carbonyl (C=O) groups is 1. The van der Waals surface area contributed by atoms with Crippen molar-refractivity contribution in [3.63, 3.8) is 0 Å². The normalized spacial score (nSPS) is 31.3. The molecule has 0 aromatic carbocycles. The van der Waals surface area contributed by atoms with Crippen molar-refractivity contribution in [2.24, 2.45) is 11.3 Å². The van der Waals surface area contributed by atoms with E-state index in [9.17, 15) is 9.18 Å². The zero-order valence-corrected chi connectivity index (χ0v) is 10.5. The molecule has 4 heteroatoms. The highest BCUT2D eigenvalue weighted by Gasteiger charge is 2.50. The first-order valence-electron chi connectivity index (χ1n) is 4.67. The molecule has 84 valence electrons. The Balaban J connectivity index is 3.23. The van der Waals surface area contributed by atoms with Crippen molar-refractivity contribution in [3.05, 3.63) is 22.7 Å². The quantitative estimate of drug-likeness (QED) is 0.798. The summed E-state index contributed by atoms with van der Waals surface area (Å²) in [6.07, 6.45) is 4.30. The maximum Gasteiger partial charge on any atom is 0.314 e. The number of alkyl halides is 1. The van der Waals surface area contributed by atoms with E-state index in [0.717, 1.165) is 0 Å². The molecular weight excluding hydrogens is 263 g/mol. The molecular formula is C11H14BrFO2. The van der Waals surface area contributed by atoms with Crippen LogP contribution in [0.4, 0.5) is 4.39 Å². The number of allylic oxidation sites excluding steroid dienone is 3. The van der Waals surface area contributed by atoms with Gasteiger partial charge in [0.15, 0.2) is 5.67 Å². The van der Waals surface area contributed by atoms with Gasteiger partial charge in [0.2, 0.25) is 0 Å². The van der Waals surface area contributed by atoms with Crippen LogP contribution in [0.2, 0.25) is 0 Å². The molecule has 0 bridgehead atoms. The van der Waals surface area contributed by atoms with Crippen molar-refractivity contribution < 1.29 is 14.3 Å². The summed E-state index contributed by atoms with van der Waals surface area (Å²) in [4.78, 5) is 11.0.